The molecule has 2 nitrogen and oxygen atoms in total. The summed E-state index contributed by atoms with van der Waals surface area (Å²) in [6, 6.07) is 4.54. The second-order valence-electron chi connectivity index (χ2n) is 6.06. The molecule has 0 amide bonds. The van der Waals surface area contributed by atoms with E-state index in [2.05, 4.69) is 25.7 Å². The molecule has 1 aromatic heterocycles. The predicted molar refractivity (Wildman–Crippen MR) is 81.9 cm³/mol. The quantitative estimate of drug-likeness (QED) is 0.757. The molecule has 3 unspecified atom stereocenters. The normalized spacial score (nSPS) is 28.5. The highest BCUT2D eigenvalue weighted by Gasteiger charge is 2.28. The third-order valence-corrected chi connectivity index (χ3v) is 5.28. The molecule has 1 aliphatic heterocycles. The summed E-state index contributed by atoms with van der Waals surface area (Å²) in [6.45, 7) is 9.28. The first-order valence-corrected chi connectivity index (χ1v) is 8.26. The molecule has 19 heavy (non-hydrogen) atoms. The molecule has 0 aromatic carbocycles. The highest BCUT2D eigenvalue weighted by molar-refractivity contribution is 7.12. The molecule has 1 aromatic rings. The molecule has 0 aliphatic carbocycles. The van der Waals surface area contributed by atoms with Gasteiger partial charge in [-0.05, 0) is 49.6 Å². The molecule has 1 saturated heterocycles. The van der Waals surface area contributed by atoms with Crippen molar-refractivity contribution in [2.45, 2.75) is 46.1 Å². The van der Waals surface area contributed by atoms with Crippen LogP contribution in [0.25, 0.3) is 0 Å². The number of thiophene rings is 1. The number of hydrogen-bond acceptors (Lipinski definition) is 3. The van der Waals surface area contributed by atoms with Gasteiger partial charge < -0.3 is 4.90 Å². The molecule has 0 radical (unpaired) electrons. The summed E-state index contributed by atoms with van der Waals surface area (Å²) >= 11 is 1.56. The van der Waals surface area contributed by atoms with Crippen LogP contribution in [0.15, 0.2) is 17.5 Å². The van der Waals surface area contributed by atoms with E-state index in [0.717, 1.165) is 29.7 Å². The fourth-order valence-electron chi connectivity index (χ4n) is 3.13. The van der Waals surface area contributed by atoms with E-state index in [1.54, 1.807) is 11.3 Å². The predicted octanol–water partition coefficient (Wildman–Crippen LogP) is 4.08. The number of ketones is 1. The van der Waals surface area contributed by atoms with E-state index in [0.29, 0.717) is 18.2 Å². The third kappa shape index (κ3) is 3.90. The van der Waals surface area contributed by atoms with Gasteiger partial charge in [0.2, 0.25) is 0 Å². The van der Waals surface area contributed by atoms with Gasteiger partial charge in [-0.3, -0.25) is 4.79 Å². The molecule has 0 saturated carbocycles. The van der Waals surface area contributed by atoms with Gasteiger partial charge in [0.1, 0.15) is 0 Å². The van der Waals surface area contributed by atoms with Crippen LogP contribution in [-0.2, 0) is 0 Å². The minimum Gasteiger partial charge on any atom is -0.300 e. The maximum Gasteiger partial charge on any atom is 0.172 e. The molecule has 1 aliphatic rings. The topological polar surface area (TPSA) is 20.3 Å². The van der Waals surface area contributed by atoms with Crippen LogP contribution in [0.4, 0.5) is 0 Å². The Bertz CT molecular complexity index is 401. The molecular formula is C16H25NOS. The zero-order chi connectivity index (χ0) is 13.8. The molecule has 2 heterocycles. The van der Waals surface area contributed by atoms with E-state index >= 15 is 0 Å². The average Bonchev–Trinajstić information content (AvgIpc) is 2.88. The number of carbonyl (C=O) groups is 1. The van der Waals surface area contributed by atoms with Crippen molar-refractivity contribution in [2.75, 3.05) is 13.1 Å². The first-order chi connectivity index (χ1) is 9.08. The van der Waals surface area contributed by atoms with E-state index in [4.69, 9.17) is 0 Å². The van der Waals surface area contributed by atoms with E-state index in [1.165, 1.54) is 13.0 Å². The van der Waals surface area contributed by atoms with Crippen LogP contribution in [0.2, 0.25) is 0 Å². The lowest BCUT2D eigenvalue weighted by Crippen LogP contribution is -2.46. The van der Waals surface area contributed by atoms with Crippen LogP contribution in [0.5, 0.6) is 0 Å². The van der Waals surface area contributed by atoms with E-state index < -0.39 is 0 Å². The monoisotopic (exact) mass is 279 g/mol. The lowest BCUT2D eigenvalue weighted by Gasteiger charge is -2.41. The highest BCUT2D eigenvalue weighted by Crippen LogP contribution is 2.27. The van der Waals surface area contributed by atoms with Crippen molar-refractivity contribution in [1.82, 2.24) is 4.90 Å². The Morgan fingerprint density at radius 3 is 2.89 bits per heavy atom. The molecule has 106 valence electrons. The zero-order valence-corrected chi connectivity index (χ0v) is 13.1. The smallest absolute Gasteiger partial charge is 0.172 e. The number of Topliss-reactive ketones (excluding diaryl/α,β-unsaturated/α-hetero) is 1. The molecule has 0 spiro atoms. The lowest BCUT2D eigenvalue weighted by molar-refractivity contribution is 0.0760. The second-order valence-corrected chi connectivity index (χ2v) is 7.01. The maximum atomic E-state index is 11.9. The number of piperidine rings is 1. The van der Waals surface area contributed by atoms with Gasteiger partial charge in [-0.15, -0.1) is 11.3 Å². The van der Waals surface area contributed by atoms with Crippen molar-refractivity contribution >= 4 is 17.1 Å². The van der Waals surface area contributed by atoms with Crippen LogP contribution in [0.1, 0.15) is 49.7 Å². The van der Waals surface area contributed by atoms with Gasteiger partial charge in [0.05, 0.1) is 4.88 Å². The number of carbonyl (C=O) groups excluding carboxylic acids is 1. The van der Waals surface area contributed by atoms with Crippen molar-refractivity contribution in [1.29, 1.82) is 0 Å². The highest BCUT2D eigenvalue weighted by atomic mass is 32.1. The first kappa shape index (κ1) is 14.7. The van der Waals surface area contributed by atoms with E-state index in [9.17, 15) is 4.79 Å². The van der Waals surface area contributed by atoms with Gasteiger partial charge in [-0.2, -0.15) is 0 Å². The Morgan fingerprint density at radius 2 is 2.21 bits per heavy atom. The molecule has 2 rings (SSSR count). The Labute approximate surface area is 120 Å². The van der Waals surface area contributed by atoms with Crippen molar-refractivity contribution in [2.24, 2.45) is 11.8 Å². The Hall–Kier alpha value is -0.670. The summed E-state index contributed by atoms with van der Waals surface area (Å²) in [5, 5.41) is 1.98. The van der Waals surface area contributed by atoms with E-state index in [1.807, 2.05) is 17.5 Å². The molecule has 0 bridgehead atoms. The summed E-state index contributed by atoms with van der Waals surface area (Å²) in [7, 11) is 0. The van der Waals surface area contributed by atoms with Crippen molar-refractivity contribution in [3.63, 3.8) is 0 Å². The van der Waals surface area contributed by atoms with Gasteiger partial charge in [-0.25, -0.2) is 0 Å². The fraction of sp³-hybridized carbons (Fsp3) is 0.688. The molecular weight excluding hydrogens is 254 g/mol. The zero-order valence-electron chi connectivity index (χ0n) is 12.3. The van der Waals surface area contributed by atoms with Gasteiger partial charge in [0.15, 0.2) is 5.78 Å². The Balaban J connectivity index is 1.77. The van der Waals surface area contributed by atoms with Crippen molar-refractivity contribution < 1.29 is 4.79 Å². The summed E-state index contributed by atoms with van der Waals surface area (Å²) in [6.07, 6.45) is 3.01. The van der Waals surface area contributed by atoms with E-state index in [-0.39, 0.29) is 0 Å². The largest absolute Gasteiger partial charge is 0.300 e. The number of nitrogens with zero attached hydrogens (tertiary/aromatic N) is 1. The number of hydrogen-bond donors (Lipinski definition) is 0. The average molecular weight is 279 g/mol. The number of likely N-dealkylation sites (tertiary alicyclic amines) is 1. The van der Waals surface area contributed by atoms with Gasteiger partial charge in [0.25, 0.3) is 0 Å². The van der Waals surface area contributed by atoms with Crippen LogP contribution >= 0.6 is 11.3 Å². The molecule has 1 fully saturated rings. The fourth-order valence-corrected chi connectivity index (χ4v) is 3.83. The van der Waals surface area contributed by atoms with Gasteiger partial charge >= 0.3 is 0 Å². The van der Waals surface area contributed by atoms with Crippen molar-refractivity contribution in [3.05, 3.63) is 22.4 Å². The maximum absolute atomic E-state index is 11.9. The summed E-state index contributed by atoms with van der Waals surface area (Å²) in [4.78, 5) is 15.4. The standard InChI is InChI=1S/C16H25NOS/c1-12-10-13(2)14(3)17(11-12)8-4-6-15(18)16-7-5-9-19-16/h5,7,9,12-14H,4,6,8,10-11H2,1-3H3. The van der Waals surface area contributed by atoms with Crippen LogP contribution in [-0.4, -0.2) is 29.8 Å². The number of rotatable bonds is 5. The second kappa shape index (κ2) is 6.67. The minimum atomic E-state index is 0.306. The van der Waals surface area contributed by atoms with Gasteiger partial charge in [-0.1, -0.05) is 19.9 Å². The van der Waals surface area contributed by atoms with Crippen molar-refractivity contribution in [3.8, 4) is 0 Å². The van der Waals surface area contributed by atoms with Crippen LogP contribution in [0.3, 0.4) is 0 Å². The third-order valence-electron chi connectivity index (χ3n) is 4.36. The molecule has 3 atom stereocenters. The van der Waals surface area contributed by atoms with Crippen LogP contribution in [0, 0.1) is 11.8 Å². The summed E-state index contributed by atoms with van der Waals surface area (Å²) in [5.74, 6) is 1.87. The summed E-state index contributed by atoms with van der Waals surface area (Å²) in [5.41, 5.74) is 0. The van der Waals surface area contributed by atoms with Gasteiger partial charge in [0, 0.05) is 19.0 Å². The molecule has 0 N–H and O–H groups in total. The Kier molecular flexibility index (Phi) is 5.17. The van der Waals surface area contributed by atoms with Crippen LogP contribution < -0.4 is 0 Å². The summed E-state index contributed by atoms with van der Waals surface area (Å²) < 4.78 is 0. The lowest BCUT2D eigenvalue weighted by atomic mass is 9.86. The Morgan fingerprint density at radius 1 is 1.42 bits per heavy atom. The SMILES string of the molecule is CC1CC(C)C(C)N(CCCC(=O)c2cccs2)C1. The minimum absolute atomic E-state index is 0.306. The first-order valence-electron chi connectivity index (χ1n) is 7.38. The molecule has 3 heteroatoms.